The summed E-state index contributed by atoms with van der Waals surface area (Å²) < 4.78 is 25.3. The number of nitrogens with one attached hydrogen (secondary N) is 1. The molecule has 39 heavy (non-hydrogen) atoms. The molecule has 206 valence electrons. The fourth-order valence-electron chi connectivity index (χ4n) is 5.69. The van der Waals surface area contributed by atoms with Crippen LogP contribution in [0.25, 0.3) is 5.70 Å². The van der Waals surface area contributed by atoms with Gasteiger partial charge in [0.1, 0.15) is 16.5 Å². The van der Waals surface area contributed by atoms with E-state index < -0.39 is 23.7 Å². The van der Waals surface area contributed by atoms with Gasteiger partial charge in [-0.1, -0.05) is 23.4 Å². The van der Waals surface area contributed by atoms with Gasteiger partial charge in [-0.05, 0) is 49.5 Å². The summed E-state index contributed by atoms with van der Waals surface area (Å²) >= 11 is 7.93. The van der Waals surface area contributed by atoms with Crippen LogP contribution in [0.5, 0.6) is 0 Å². The van der Waals surface area contributed by atoms with E-state index in [1.54, 1.807) is 25.3 Å². The number of ether oxygens (including phenoxy) is 2. The van der Waals surface area contributed by atoms with Crippen LogP contribution in [-0.2, 0) is 19.1 Å². The Morgan fingerprint density at radius 3 is 2.74 bits per heavy atom. The molecule has 4 heterocycles. The number of morpholine rings is 1. The zero-order valence-electron chi connectivity index (χ0n) is 21.4. The summed E-state index contributed by atoms with van der Waals surface area (Å²) in [4.78, 5) is 31.7. The number of esters is 1. The van der Waals surface area contributed by atoms with Crippen molar-refractivity contribution in [3.8, 4) is 0 Å². The van der Waals surface area contributed by atoms with E-state index >= 15 is 0 Å². The smallest absolute Gasteiger partial charge is 0.336 e. The number of hydrogen-bond donors (Lipinski definition) is 2. The summed E-state index contributed by atoms with van der Waals surface area (Å²) in [5, 5.41) is 15.5. The lowest BCUT2D eigenvalue weighted by atomic mass is 9.82. The predicted molar refractivity (Wildman–Crippen MR) is 145 cm³/mol. The maximum Gasteiger partial charge on any atom is 0.336 e. The molecule has 11 heteroatoms. The number of benzene rings is 1. The fourth-order valence-corrected chi connectivity index (χ4v) is 6.58. The first-order valence-electron chi connectivity index (χ1n) is 12.9. The first-order chi connectivity index (χ1) is 18.8. The van der Waals surface area contributed by atoms with Crippen LogP contribution < -0.4 is 5.32 Å². The Balaban J connectivity index is 1.59. The molecule has 0 radical (unpaired) electrons. The van der Waals surface area contributed by atoms with Crippen LogP contribution in [0.1, 0.15) is 42.7 Å². The number of carboxylic acids is 1. The van der Waals surface area contributed by atoms with Gasteiger partial charge in [0.05, 0.1) is 25.4 Å². The number of carbonyl (C=O) groups is 2. The Kier molecular flexibility index (Phi) is 8.49. The predicted octanol–water partition coefficient (Wildman–Crippen LogP) is 4.59. The van der Waals surface area contributed by atoms with E-state index in [9.17, 15) is 19.1 Å². The first kappa shape index (κ1) is 27.6. The zero-order chi connectivity index (χ0) is 27.5. The average Bonchev–Trinajstić information content (AvgIpc) is 3.34. The Morgan fingerprint density at radius 2 is 2.10 bits per heavy atom. The molecule has 1 aromatic carbocycles. The number of carboxylic acid groups (broad SMARTS) is 1. The van der Waals surface area contributed by atoms with E-state index in [2.05, 4.69) is 20.9 Å². The number of rotatable bonds is 8. The van der Waals surface area contributed by atoms with Gasteiger partial charge in [-0.2, -0.15) is 0 Å². The highest BCUT2D eigenvalue weighted by Crippen LogP contribution is 2.38. The van der Waals surface area contributed by atoms with E-state index in [0.29, 0.717) is 60.1 Å². The van der Waals surface area contributed by atoms with Crippen LogP contribution in [0.4, 0.5) is 4.39 Å². The highest BCUT2D eigenvalue weighted by Gasteiger charge is 2.41. The number of halogens is 2. The van der Waals surface area contributed by atoms with Gasteiger partial charge in [-0.3, -0.25) is 9.69 Å². The van der Waals surface area contributed by atoms with E-state index in [1.807, 2.05) is 5.38 Å². The lowest BCUT2D eigenvalue weighted by Gasteiger charge is -2.48. The summed E-state index contributed by atoms with van der Waals surface area (Å²) in [5.74, 6) is -2.37. The molecule has 5 rings (SSSR count). The lowest BCUT2D eigenvalue weighted by molar-refractivity contribution is -0.141. The molecular formula is C28H29ClFN3O5S. The molecule has 3 aliphatic rings. The van der Waals surface area contributed by atoms with Gasteiger partial charge in [0, 0.05) is 53.3 Å². The topological polar surface area (TPSA) is 101 Å². The minimum atomic E-state index is -0.798. The molecule has 0 amide bonds. The molecule has 2 aromatic rings. The van der Waals surface area contributed by atoms with Crippen molar-refractivity contribution >= 4 is 40.6 Å². The summed E-state index contributed by atoms with van der Waals surface area (Å²) in [7, 11) is 0. The summed E-state index contributed by atoms with van der Waals surface area (Å²) in [6, 6.07) is 4.11. The monoisotopic (exact) mass is 573 g/mol. The van der Waals surface area contributed by atoms with Crippen molar-refractivity contribution in [1.29, 1.82) is 0 Å². The van der Waals surface area contributed by atoms with E-state index in [4.69, 9.17) is 21.1 Å². The highest BCUT2D eigenvalue weighted by atomic mass is 35.5. The van der Waals surface area contributed by atoms with E-state index in [0.717, 1.165) is 0 Å². The van der Waals surface area contributed by atoms with Crippen LogP contribution in [0.3, 0.4) is 0 Å². The Hall–Kier alpha value is -3.01. The molecular weight excluding hydrogens is 545 g/mol. The van der Waals surface area contributed by atoms with Crippen LogP contribution in [0.15, 0.2) is 52.9 Å². The Labute approximate surface area is 234 Å². The van der Waals surface area contributed by atoms with Crippen LogP contribution >= 0.6 is 22.9 Å². The largest absolute Gasteiger partial charge is 0.481 e. The van der Waals surface area contributed by atoms with Crippen LogP contribution in [0.2, 0.25) is 5.02 Å². The van der Waals surface area contributed by atoms with Crippen molar-refractivity contribution < 1.29 is 28.6 Å². The third kappa shape index (κ3) is 6.10. The van der Waals surface area contributed by atoms with Gasteiger partial charge < -0.3 is 19.9 Å². The maximum absolute atomic E-state index is 14.0. The first-order valence-corrected chi connectivity index (χ1v) is 14.1. The Morgan fingerprint density at radius 1 is 1.33 bits per heavy atom. The lowest BCUT2D eigenvalue weighted by Crippen LogP contribution is -2.58. The van der Waals surface area contributed by atoms with Gasteiger partial charge in [0.25, 0.3) is 0 Å². The number of carbonyl (C=O) groups excluding carboxylic acids is 1. The highest BCUT2D eigenvalue weighted by molar-refractivity contribution is 7.10. The summed E-state index contributed by atoms with van der Waals surface area (Å²) in [5.41, 5.74) is 5.39. The number of piperidine rings is 1. The molecule has 2 unspecified atom stereocenters. The zero-order valence-corrected chi connectivity index (χ0v) is 22.9. The minimum absolute atomic E-state index is 0.00374. The molecule has 3 atom stereocenters. The maximum atomic E-state index is 14.0. The number of aromatic nitrogens is 1. The third-order valence-electron chi connectivity index (χ3n) is 7.32. The minimum Gasteiger partial charge on any atom is -0.481 e. The second kappa shape index (κ2) is 12.0. The van der Waals surface area contributed by atoms with Crippen molar-refractivity contribution in [2.75, 3.05) is 26.4 Å². The Bertz CT molecular complexity index is 1330. The average molecular weight is 574 g/mol. The SMILES string of the molecule is CCOC(=O)C1=C(CN2C3COCC2CC(CC(=O)O)C3)NC(c2nccs2)=C=C[C@H]1c1ccc(F)cc1Cl. The number of thiazole rings is 1. The van der Waals surface area contributed by atoms with E-state index in [1.165, 1.54) is 23.5 Å². The molecule has 2 fully saturated rings. The van der Waals surface area contributed by atoms with Crippen molar-refractivity contribution in [3.05, 3.63) is 74.3 Å². The number of aliphatic carboxylic acids is 1. The van der Waals surface area contributed by atoms with Crippen LogP contribution in [-0.4, -0.2) is 65.4 Å². The molecule has 2 N–H and O–H groups in total. The van der Waals surface area contributed by atoms with Crippen LogP contribution in [0, 0.1) is 11.7 Å². The van der Waals surface area contributed by atoms with Crippen molar-refractivity contribution in [1.82, 2.24) is 15.2 Å². The van der Waals surface area contributed by atoms with Gasteiger partial charge >= 0.3 is 11.9 Å². The van der Waals surface area contributed by atoms with E-state index in [-0.39, 0.29) is 36.1 Å². The summed E-state index contributed by atoms with van der Waals surface area (Å²) in [6.07, 6.45) is 4.93. The number of allylic oxidation sites excluding steroid dienone is 1. The second-order valence-electron chi connectivity index (χ2n) is 9.86. The molecule has 2 bridgehead atoms. The molecule has 0 saturated carbocycles. The molecule has 0 aliphatic carbocycles. The summed E-state index contributed by atoms with van der Waals surface area (Å²) in [6.45, 7) is 3.25. The molecule has 8 nitrogen and oxygen atoms in total. The molecule has 0 spiro atoms. The van der Waals surface area contributed by atoms with Gasteiger partial charge in [0.15, 0.2) is 0 Å². The second-order valence-corrected chi connectivity index (χ2v) is 11.2. The van der Waals surface area contributed by atoms with Gasteiger partial charge in [0.2, 0.25) is 0 Å². The van der Waals surface area contributed by atoms with Crippen molar-refractivity contribution in [3.63, 3.8) is 0 Å². The van der Waals surface area contributed by atoms with Gasteiger partial charge in [-0.15, -0.1) is 11.3 Å². The van der Waals surface area contributed by atoms with Crippen molar-refractivity contribution in [2.24, 2.45) is 5.92 Å². The van der Waals surface area contributed by atoms with Crippen molar-refractivity contribution in [2.45, 2.75) is 44.2 Å². The fraction of sp³-hybridized carbons (Fsp3) is 0.429. The molecule has 3 aliphatic heterocycles. The number of nitrogens with zero attached hydrogens (tertiary/aromatic N) is 2. The molecule has 2 saturated heterocycles. The third-order valence-corrected chi connectivity index (χ3v) is 8.44. The number of fused-ring (bicyclic) bond motifs is 2. The van der Waals surface area contributed by atoms with Gasteiger partial charge in [-0.25, -0.2) is 14.2 Å². The quantitative estimate of drug-likeness (QED) is 0.349. The standard InChI is InChI=1S/C28H29ClFN3O5S/c1-2-38-28(36)26-21(20-4-3-17(30)12-22(20)29)5-6-23(27-31-7-8-39-27)32-24(26)13-33-18-9-16(11-25(34)35)10-19(33)15-37-14-18/h3-5,7-8,12,16,18-19,21,32H,2,9-11,13-15H2,1H3,(H,34,35)/t16?,18?,19?,21-/m0/s1. The normalized spacial score (nSPS) is 25.1. The molecule has 1 aromatic heterocycles. The number of hydrogen-bond acceptors (Lipinski definition) is 8.